The highest BCUT2D eigenvalue weighted by atomic mass is 35.5. The summed E-state index contributed by atoms with van der Waals surface area (Å²) in [6.07, 6.45) is 3.18. The summed E-state index contributed by atoms with van der Waals surface area (Å²) in [6.45, 7) is 0.347. The van der Waals surface area contributed by atoms with Crippen molar-refractivity contribution in [2.24, 2.45) is 0 Å². The molecule has 2 heterocycles. The Bertz CT molecular complexity index is 1170. The highest BCUT2D eigenvalue weighted by molar-refractivity contribution is 6.31. The van der Waals surface area contributed by atoms with Crippen molar-refractivity contribution >= 4 is 34.8 Å². The number of halogens is 3. The molecule has 2 aromatic heterocycles. The molecule has 0 bridgehead atoms. The molecular weight excluding hydrogens is 416 g/mol. The monoisotopic (exact) mass is 429 g/mol. The van der Waals surface area contributed by atoms with Gasteiger partial charge in [-0.15, -0.1) is 0 Å². The molecule has 4 rings (SSSR count). The SMILES string of the molecule is O=C(Nc1cnn(Cc2ccc(F)cc2Cl)c1)c1cc(-c2ccc(Cl)cc2)n[nH]1. The average molecular weight is 430 g/mol. The van der Waals surface area contributed by atoms with Crippen LogP contribution in [0.3, 0.4) is 0 Å². The number of carbonyl (C=O) groups excluding carboxylic acids is 1. The van der Waals surface area contributed by atoms with E-state index in [1.807, 2.05) is 12.1 Å². The Morgan fingerprint density at radius 3 is 2.69 bits per heavy atom. The smallest absolute Gasteiger partial charge is 0.273 e. The van der Waals surface area contributed by atoms with Gasteiger partial charge >= 0.3 is 0 Å². The standard InChI is InChI=1S/C20H14Cl2FN5O/c21-14-4-1-12(2-5-14)18-8-19(27-26-18)20(29)25-16-9-24-28(11-16)10-13-3-6-15(23)7-17(13)22/h1-9,11H,10H2,(H,25,29)(H,26,27). The van der Waals surface area contributed by atoms with Crippen molar-refractivity contribution < 1.29 is 9.18 Å². The number of aromatic amines is 1. The van der Waals surface area contributed by atoms with Gasteiger partial charge in [0, 0.05) is 21.8 Å². The highest BCUT2D eigenvalue weighted by Crippen LogP contribution is 2.21. The quantitative estimate of drug-likeness (QED) is 0.467. The van der Waals surface area contributed by atoms with E-state index in [9.17, 15) is 9.18 Å². The molecule has 0 aliphatic carbocycles. The molecule has 9 heteroatoms. The molecule has 0 saturated heterocycles. The van der Waals surface area contributed by atoms with E-state index in [2.05, 4.69) is 20.6 Å². The van der Waals surface area contributed by atoms with Gasteiger partial charge in [-0.25, -0.2) is 4.39 Å². The molecule has 0 saturated carbocycles. The first-order chi connectivity index (χ1) is 14.0. The minimum atomic E-state index is -0.398. The van der Waals surface area contributed by atoms with Crippen LogP contribution in [0.2, 0.25) is 10.0 Å². The number of nitrogens with one attached hydrogen (secondary N) is 2. The number of hydrogen-bond acceptors (Lipinski definition) is 3. The Morgan fingerprint density at radius 1 is 1.14 bits per heavy atom. The maximum Gasteiger partial charge on any atom is 0.273 e. The lowest BCUT2D eigenvalue weighted by Gasteiger charge is -2.04. The fourth-order valence-electron chi connectivity index (χ4n) is 2.74. The van der Waals surface area contributed by atoms with E-state index >= 15 is 0 Å². The molecule has 29 heavy (non-hydrogen) atoms. The van der Waals surface area contributed by atoms with Crippen LogP contribution in [0.1, 0.15) is 16.1 Å². The maximum absolute atomic E-state index is 13.2. The molecule has 1 amide bonds. The van der Waals surface area contributed by atoms with Crippen molar-refractivity contribution in [3.8, 4) is 11.3 Å². The van der Waals surface area contributed by atoms with Crippen LogP contribution in [0.4, 0.5) is 10.1 Å². The Kier molecular flexibility index (Phi) is 5.33. The molecule has 2 N–H and O–H groups in total. The van der Waals surface area contributed by atoms with Crippen molar-refractivity contribution in [1.82, 2.24) is 20.0 Å². The number of nitrogens with zero attached hydrogens (tertiary/aromatic N) is 3. The number of rotatable bonds is 5. The summed E-state index contributed by atoms with van der Waals surface area (Å²) in [5.74, 6) is -0.748. The number of anilines is 1. The van der Waals surface area contributed by atoms with E-state index in [4.69, 9.17) is 23.2 Å². The molecule has 0 aliphatic heterocycles. The summed E-state index contributed by atoms with van der Waals surface area (Å²) in [5, 5.41) is 14.8. The minimum Gasteiger partial charge on any atom is -0.318 e. The molecule has 0 fully saturated rings. The Hall–Kier alpha value is -3.16. The van der Waals surface area contributed by atoms with Crippen LogP contribution in [0.5, 0.6) is 0 Å². The lowest BCUT2D eigenvalue weighted by atomic mass is 10.1. The van der Waals surface area contributed by atoms with Crippen molar-refractivity contribution in [2.45, 2.75) is 6.54 Å². The summed E-state index contributed by atoms with van der Waals surface area (Å²) in [5.41, 5.74) is 3.01. The summed E-state index contributed by atoms with van der Waals surface area (Å²) in [7, 11) is 0. The van der Waals surface area contributed by atoms with E-state index in [-0.39, 0.29) is 5.91 Å². The molecule has 0 radical (unpaired) electrons. The van der Waals surface area contributed by atoms with Crippen molar-refractivity contribution in [3.63, 3.8) is 0 Å². The first-order valence-electron chi connectivity index (χ1n) is 8.57. The van der Waals surface area contributed by atoms with E-state index in [0.717, 1.165) is 11.1 Å². The third-order valence-electron chi connectivity index (χ3n) is 4.20. The predicted molar refractivity (Wildman–Crippen MR) is 110 cm³/mol. The van der Waals surface area contributed by atoms with Gasteiger partial charge in [0.2, 0.25) is 0 Å². The summed E-state index contributed by atoms with van der Waals surface area (Å²) < 4.78 is 14.8. The van der Waals surface area contributed by atoms with Crippen LogP contribution in [0, 0.1) is 5.82 Å². The van der Waals surface area contributed by atoms with Gasteiger partial charge in [-0.3, -0.25) is 14.6 Å². The first-order valence-corrected chi connectivity index (χ1v) is 9.32. The zero-order valence-electron chi connectivity index (χ0n) is 14.9. The normalized spacial score (nSPS) is 10.9. The van der Waals surface area contributed by atoms with Crippen LogP contribution >= 0.6 is 23.2 Å². The number of carbonyl (C=O) groups is 1. The summed E-state index contributed by atoms with van der Waals surface area (Å²) >= 11 is 11.9. The van der Waals surface area contributed by atoms with Crippen molar-refractivity contribution in [2.75, 3.05) is 5.32 Å². The number of benzene rings is 2. The zero-order chi connectivity index (χ0) is 20.4. The minimum absolute atomic E-state index is 0.310. The van der Waals surface area contributed by atoms with Crippen LogP contribution < -0.4 is 5.32 Å². The molecule has 0 aliphatic rings. The van der Waals surface area contributed by atoms with E-state index < -0.39 is 5.82 Å². The van der Waals surface area contributed by atoms with E-state index in [0.29, 0.717) is 33.7 Å². The van der Waals surface area contributed by atoms with Gasteiger partial charge in [0.25, 0.3) is 5.91 Å². The molecular formula is C20H14Cl2FN5O. The van der Waals surface area contributed by atoms with Crippen molar-refractivity contribution in [3.05, 3.63) is 88.0 Å². The van der Waals surface area contributed by atoms with Gasteiger partial charge in [-0.1, -0.05) is 41.4 Å². The van der Waals surface area contributed by atoms with Crippen LogP contribution in [0.15, 0.2) is 60.9 Å². The third kappa shape index (κ3) is 4.47. The molecule has 2 aromatic carbocycles. The second-order valence-corrected chi connectivity index (χ2v) is 7.13. The fraction of sp³-hybridized carbons (Fsp3) is 0.0500. The van der Waals surface area contributed by atoms with Crippen LogP contribution in [-0.4, -0.2) is 25.9 Å². The lowest BCUT2D eigenvalue weighted by molar-refractivity contribution is 0.102. The second-order valence-electron chi connectivity index (χ2n) is 6.29. The largest absolute Gasteiger partial charge is 0.318 e. The zero-order valence-corrected chi connectivity index (χ0v) is 16.4. The third-order valence-corrected chi connectivity index (χ3v) is 4.80. The average Bonchev–Trinajstić information content (AvgIpc) is 3.34. The van der Waals surface area contributed by atoms with Gasteiger partial charge in [-0.2, -0.15) is 10.2 Å². The fourth-order valence-corrected chi connectivity index (χ4v) is 3.10. The van der Waals surface area contributed by atoms with E-state index in [1.165, 1.54) is 18.3 Å². The second kappa shape index (κ2) is 8.06. The number of hydrogen-bond donors (Lipinski definition) is 2. The Morgan fingerprint density at radius 2 is 1.93 bits per heavy atom. The molecule has 6 nitrogen and oxygen atoms in total. The lowest BCUT2D eigenvalue weighted by Crippen LogP contribution is -2.11. The van der Waals surface area contributed by atoms with Crippen molar-refractivity contribution in [1.29, 1.82) is 0 Å². The molecule has 146 valence electrons. The summed E-state index contributed by atoms with van der Waals surface area (Å²) in [4.78, 5) is 12.5. The van der Waals surface area contributed by atoms with E-state index in [1.54, 1.807) is 35.1 Å². The topological polar surface area (TPSA) is 75.6 Å². The molecule has 0 unspecified atom stereocenters. The molecule has 0 spiro atoms. The van der Waals surface area contributed by atoms with Gasteiger partial charge in [0.05, 0.1) is 24.1 Å². The van der Waals surface area contributed by atoms with Crippen LogP contribution in [0.25, 0.3) is 11.3 Å². The number of H-pyrrole nitrogens is 1. The Labute approximate surface area is 175 Å². The predicted octanol–water partition coefficient (Wildman–Crippen LogP) is 5.02. The van der Waals surface area contributed by atoms with Crippen LogP contribution in [-0.2, 0) is 6.54 Å². The number of amides is 1. The molecule has 0 atom stereocenters. The first kappa shape index (κ1) is 19.2. The van der Waals surface area contributed by atoms with Gasteiger partial charge in [0.15, 0.2) is 0 Å². The summed E-state index contributed by atoms with van der Waals surface area (Å²) in [6, 6.07) is 13.0. The number of aromatic nitrogens is 4. The van der Waals surface area contributed by atoms with Gasteiger partial charge in [0.1, 0.15) is 11.5 Å². The molecule has 4 aromatic rings. The maximum atomic E-state index is 13.2. The highest BCUT2D eigenvalue weighted by Gasteiger charge is 2.13. The van der Waals surface area contributed by atoms with Gasteiger partial charge in [-0.05, 0) is 35.9 Å². The van der Waals surface area contributed by atoms with Gasteiger partial charge < -0.3 is 5.32 Å². The Balaban J connectivity index is 1.43.